The lowest BCUT2D eigenvalue weighted by Crippen LogP contribution is -2.28. The van der Waals surface area contributed by atoms with Gasteiger partial charge in [0, 0.05) is 12.6 Å². The highest BCUT2D eigenvalue weighted by Crippen LogP contribution is 2.33. The van der Waals surface area contributed by atoms with Crippen molar-refractivity contribution in [1.82, 2.24) is 0 Å². The van der Waals surface area contributed by atoms with E-state index in [1.54, 1.807) is 0 Å². The lowest BCUT2D eigenvalue weighted by molar-refractivity contribution is 0.101. The molecule has 1 saturated carbocycles. The van der Waals surface area contributed by atoms with Crippen molar-refractivity contribution in [3.05, 3.63) is 0 Å². The normalized spacial score (nSPS) is 36.8. The summed E-state index contributed by atoms with van der Waals surface area (Å²) in [5.74, 6) is 1.72. The Balaban J connectivity index is 1.58. The predicted octanol–water partition coefficient (Wildman–Crippen LogP) is 3.10. The zero-order chi connectivity index (χ0) is 11.4. The van der Waals surface area contributed by atoms with Gasteiger partial charge in [0.1, 0.15) is 0 Å². The molecule has 0 aromatic carbocycles. The van der Waals surface area contributed by atoms with Gasteiger partial charge in [0.05, 0.1) is 6.10 Å². The molecule has 1 saturated heterocycles. The summed E-state index contributed by atoms with van der Waals surface area (Å²) in [5.41, 5.74) is 6.29. The molecular formula is C14H27NO. The van der Waals surface area contributed by atoms with E-state index in [9.17, 15) is 0 Å². The minimum atomic E-state index is 0.450. The Morgan fingerprint density at radius 3 is 2.81 bits per heavy atom. The molecule has 94 valence electrons. The molecule has 0 aromatic rings. The summed E-state index contributed by atoms with van der Waals surface area (Å²) in [6, 6.07) is 0.450. The van der Waals surface area contributed by atoms with Gasteiger partial charge in [-0.05, 0) is 56.8 Å². The fourth-order valence-electron chi connectivity index (χ4n) is 3.33. The van der Waals surface area contributed by atoms with Crippen molar-refractivity contribution in [2.75, 3.05) is 6.61 Å². The maximum absolute atomic E-state index is 6.29. The van der Waals surface area contributed by atoms with Crippen LogP contribution in [0, 0.1) is 11.8 Å². The van der Waals surface area contributed by atoms with Crippen LogP contribution in [0.15, 0.2) is 0 Å². The van der Waals surface area contributed by atoms with Crippen LogP contribution in [0.25, 0.3) is 0 Å². The van der Waals surface area contributed by atoms with Crippen LogP contribution in [-0.2, 0) is 4.74 Å². The van der Waals surface area contributed by atoms with Crippen LogP contribution < -0.4 is 5.73 Å². The van der Waals surface area contributed by atoms with E-state index in [0.717, 1.165) is 18.4 Å². The summed E-state index contributed by atoms with van der Waals surface area (Å²) >= 11 is 0. The van der Waals surface area contributed by atoms with E-state index in [-0.39, 0.29) is 0 Å². The van der Waals surface area contributed by atoms with Gasteiger partial charge in [-0.3, -0.25) is 0 Å². The molecule has 0 spiro atoms. The van der Waals surface area contributed by atoms with Gasteiger partial charge in [0.15, 0.2) is 0 Å². The van der Waals surface area contributed by atoms with Crippen LogP contribution in [0.4, 0.5) is 0 Å². The summed E-state index contributed by atoms with van der Waals surface area (Å²) in [5, 5.41) is 0. The van der Waals surface area contributed by atoms with E-state index in [2.05, 4.69) is 6.92 Å². The van der Waals surface area contributed by atoms with Crippen molar-refractivity contribution in [3.8, 4) is 0 Å². The van der Waals surface area contributed by atoms with Gasteiger partial charge >= 0.3 is 0 Å². The second-order valence-electron chi connectivity index (χ2n) is 5.91. The van der Waals surface area contributed by atoms with Crippen molar-refractivity contribution >= 4 is 0 Å². The maximum atomic E-state index is 6.29. The minimum absolute atomic E-state index is 0.450. The summed E-state index contributed by atoms with van der Waals surface area (Å²) in [6.45, 7) is 3.34. The first-order valence-corrected chi connectivity index (χ1v) is 7.13. The minimum Gasteiger partial charge on any atom is -0.378 e. The average Bonchev–Trinajstić information content (AvgIpc) is 2.89. The van der Waals surface area contributed by atoms with Crippen molar-refractivity contribution in [1.29, 1.82) is 0 Å². The van der Waals surface area contributed by atoms with Crippen LogP contribution in [0.2, 0.25) is 0 Å². The molecule has 2 rings (SSSR count). The lowest BCUT2D eigenvalue weighted by atomic mass is 9.93. The molecule has 4 atom stereocenters. The highest BCUT2D eigenvalue weighted by molar-refractivity contribution is 4.81. The number of nitrogens with two attached hydrogens (primary N) is 1. The lowest BCUT2D eigenvalue weighted by Gasteiger charge is -2.19. The monoisotopic (exact) mass is 225 g/mol. The molecular weight excluding hydrogens is 198 g/mol. The van der Waals surface area contributed by atoms with E-state index in [4.69, 9.17) is 10.5 Å². The molecule has 2 N–H and O–H groups in total. The quantitative estimate of drug-likeness (QED) is 0.780. The summed E-state index contributed by atoms with van der Waals surface area (Å²) in [7, 11) is 0. The van der Waals surface area contributed by atoms with Gasteiger partial charge in [0.25, 0.3) is 0 Å². The number of ether oxygens (including phenoxy) is 1. The first kappa shape index (κ1) is 12.4. The number of hydrogen-bond acceptors (Lipinski definition) is 2. The largest absolute Gasteiger partial charge is 0.378 e. The first-order chi connectivity index (χ1) is 7.75. The molecule has 2 aliphatic rings. The van der Waals surface area contributed by atoms with Gasteiger partial charge in [-0.15, -0.1) is 0 Å². The highest BCUT2D eigenvalue weighted by atomic mass is 16.5. The zero-order valence-corrected chi connectivity index (χ0v) is 10.7. The summed E-state index contributed by atoms with van der Waals surface area (Å²) in [6.07, 6.45) is 10.9. The Bertz CT molecular complexity index is 201. The molecule has 2 fully saturated rings. The maximum Gasteiger partial charge on any atom is 0.0576 e. The Morgan fingerprint density at radius 1 is 1.31 bits per heavy atom. The van der Waals surface area contributed by atoms with Gasteiger partial charge in [-0.25, -0.2) is 0 Å². The van der Waals surface area contributed by atoms with Crippen LogP contribution in [-0.4, -0.2) is 18.8 Å². The molecule has 2 nitrogen and oxygen atoms in total. The summed E-state index contributed by atoms with van der Waals surface area (Å²) in [4.78, 5) is 0. The molecule has 1 aliphatic carbocycles. The van der Waals surface area contributed by atoms with Crippen molar-refractivity contribution < 1.29 is 4.74 Å². The molecule has 1 aliphatic heterocycles. The molecule has 4 unspecified atom stereocenters. The van der Waals surface area contributed by atoms with E-state index in [1.165, 1.54) is 51.4 Å². The molecule has 0 radical (unpaired) electrons. The molecule has 16 heavy (non-hydrogen) atoms. The van der Waals surface area contributed by atoms with Gasteiger partial charge in [-0.2, -0.15) is 0 Å². The second kappa shape index (κ2) is 6.02. The van der Waals surface area contributed by atoms with Crippen molar-refractivity contribution in [3.63, 3.8) is 0 Å². The van der Waals surface area contributed by atoms with Crippen LogP contribution in [0.5, 0.6) is 0 Å². The third-order valence-electron chi connectivity index (χ3n) is 4.43. The highest BCUT2D eigenvalue weighted by Gasteiger charge is 2.26. The smallest absolute Gasteiger partial charge is 0.0576 e. The van der Waals surface area contributed by atoms with Gasteiger partial charge in [-0.1, -0.05) is 13.3 Å². The SMILES string of the molecule is CC1CCC(C(N)CCCC2CCCO2)C1. The van der Waals surface area contributed by atoms with Crippen molar-refractivity contribution in [2.45, 2.75) is 70.4 Å². The van der Waals surface area contributed by atoms with E-state index < -0.39 is 0 Å². The number of rotatable bonds is 5. The molecule has 1 heterocycles. The molecule has 2 heteroatoms. The Kier molecular flexibility index (Phi) is 4.66. The standard InChI is InChI=1S/C14H27NO/c1-11-7-8-12(10-11)14(15)6-2-4-13-5-3-9-16-13/h11-14H,2-10,15H2,1H3. The van der Waals surface area contributed by atoms with Gasteiger partial charge < -0.3 is 10.5 Å². The average molecular weight is 225 g/mol. The van der Waals surface area contributed by atoms with Gasteiger partial charge in [0.2, 0.25) is 0 Å². The molecule has 0 aromatic heterocycles. The van der Waals surface area contributed by atoms with Crippen LogP contribution in [0.3, 0.4) is 0 Å². The van der Waals surface area contributed by atoms with Crippen LogP contribution in [0.1, 0.15) is 58.3 Å². The fraction of sp³-hybridized carbons (Fsp3) is 1.00. The third-order valence-corrected chi connectivity index (χ3v) is 4.43. The fourth-order valence-corrected chi connectivity index (χ4v) is 3.33. The Hall–Kier alpha value is -0.0800. The summed E-state index contributed by atoms with van der Waals surface area (Å²) < 4.78 is 5.64. The first-order valence-electron chi connectivity index (χ1n) is 7.13. The Morgan fingerprint density at radius 2 is 2.19 bits per heavy atom. The Labute approximate surface area is 99.9 Å². The topological polar surface area (TPSA) is 35.2 Å². The second-order valence-corrected chi connectivity index (χ2v) is 5.91. The van der Waals surface area contributed by atoms with Crippen LogP contribution >= 0.6 is 0 Å². The van der Waals surface area contributed by atoms with E-state index in [1.807, 2.05) is 0 Å². The molecule has 0 amide bonds. The van der Waals surface area contributed by atoms with E-state index in [0.29, 0.717) is 12.1 Å². The number of hydrogen-bond donors (Lipinski definition) is 1. The predicted molar refractivity (Wildman–Crippen MR) is 67.3 cm³/mol. The molecule has 0 bridgehead atoms. The van der Waals surface area contributed by atoms with E-state index >= 15 is 0 Å². The zero-order valence-electron chi connectivity index (χ0n) is 10.7. The third kappa shape index (κ3) is 3.46. The van der Waals surface area contributed by atoms with Crippen molar-refractivity contribution in [2.24, 2.45) is 17.6 Å².